The zero-order valence-electron chi connectivity index (χ0n) is 9.51. The molecular weight excluding hydrogens is 296 g/mol. The van der Waals surface area contributed by atoms with Crippen molar-refractivity contribution in [3.05, 3.63) is 12.7 Å². The Morgan fingerprint density at radius 2 is 2.11 bits per heavy atom. The van der Waals surface area contributed by atoms with Crippen LogP contribution < -0.4 is 10.6 Å². The monoisotopic (exact) mass is 306 g/mol. The molecule has 0 atom stereocenters. The topological polar surface area (TPSA) is 144 Å². The van der Waals surface area contributed by atoms with E-state index in [4.69, 9.17) is 10.8 Å². The van der Waals surface area contributed by atoms with Crippen molar-refractivity contribution < 1.29 is 23.1 Å². The summed E-state index contributed by atoms with van der Waals surface area (Å²) in [5.74, 6) is -2.60. The summed E-state index contributed by atoms with van der Waals surface area (Å²) in [5.41, 5.74) is 5.09. The summed E-state index contributed by atoms with van der Waals surface area (Å²) < 4.78 is 22.7. The summed E-state index contributed by atoms with van der Waals surface area (Å²) in [6, 6.07) is -0.849. The van der Waals surface area contributed by atoms with E-state index in [1.807, 2.05) is 0 Å². The fraction of sp³-hybridized carbons (Fsp3) is 0.250. The Labute approximate surface area is 112 Å². The molecule has 3 N–H and O–H groups in total. The Kier molecular flexibility index (Phi) is 4.56. The number of carboxylic acid groups (broad SMARTS) is 1. The molecular formula is C8H10N4O5S2. The van der Waals surface area contributed by atoms with Crippen LogP contribution in [-0.2, 0) is 14.6 Å². The largest absolute Gasteiger partial charge is 0.480 e. The molecule has 11 heteroatoms. The lowest BCUT2D eigenvalue weighted by atomic mass is 10.5. The maximum atomic E-state index is 11.6. The number of urea groups is 1. The summed E-state index contributed by atoms with van der Waals surface area (Å²) in [6.07, 6.45) is 1.37. The van der Waals surface area contributed by atoms with Crippen molar-refractivity contribution in [3.8, 4) is 0 Å². The molecule has 0 unspecified atom stereocenters. The van der Waals surface area contributed by atoms with Crippen molar-refractivity contribution in [2.75, 3.05) is 17.2 Å². The first-order valence-corrected chi connectivity index (χ1v) is 7.20. The summed E-state index contributed by atoms with van der Waals surface area (Å²) in [4.78, 5) is 22.5. The Hall–Kier alpha value is -2.01. The second kappa shape index (κ2) is 5.75. The molecule has 2 amide bonds. The number of sulfone groups is 1. The fourth-order valence-corrected chi connectivity index (χ4v) is 3.17. The number of amides is 2. The molecule has 0 fully saturated rings. The predicted molar refractivity (Wildman–Crippen MR) is 66.7 cm³/mol. The van der Waals surface area contributed by atoms with E-state index in [1.54, 1.807) is 0 Å². The van der Waals surface area contributed by atoms with Crippen LogP contribution in [0.4, 0.5) is 9.93 Å². The molecule has 0 saturated carbocycles. The number of nitrogens with two attached hydrogens (primary N) is 1. The highest BCUT2D eigenvalue weighted by atomic mass is 32.2. The van der Waals surface area contributed by atoms with Crippen molar-refractivity contribution in [1.29, 1.82) is 0 Å². The van der Waals surface area contributed by atoms with E-state index < -0.39 is 31.9 Å². The quantitative estimate of drug-likeness (QED) is 0.531. The number of carbonyl (C=O) groups excluding carboxylic acids is 1. The van der Waals surface area contributed by atoms with E-state index in [0.29, 0.717) is 11.3 Å². The number of aliphatic carboxylic acids is 1. The van der Waals surface area contributed by atoms with Crippen LogP contribution in [0.25, 0.3) is 0 Å². The molecule has 0 radical (unpaired) electrons. The van der Waals surface area contributed by atoms with Crippen LogP contribution in [-0.4, -0.2) is 48.0 Å². The first-order valence-electron chi connectivity index (χ1n) is 4.74. The number of carboxylic acids is 1. The van der Waals surface area contributed by atoms with E-state index in [9.17, 15) is 18.0 Å². The zero-order valence-corrected chi connectivity index (χ0v) is 11.1. The number of rotatable bonds is 6. The minimum atomic E-state index is -4.07. The second-order valence-electron chi connectivity index (χ2n) is 3.24. The van der Waals surface area contributed by atoms with Gasteiger partial charge in [-0.1, -0.05) is 17.4 Å². The predicted octanol–water partition coefficient (Wildman–Crippen LogP) is -0.532. The average molecular weight is 306 g/mol. The van der Waals surface area contributed by atoms with Crippen molar-refractivity contribution in [2.24, 2.45) is 5.73 Å². The lowest BCUT2D eigenvalue weighted by molar-refractivity contribution is -0.134. The molecule has 0 bridgehead atoms. The third-order valence-electron chi connectivity index (χ3n) is 1.78. The van der Waals surface area contributed by atoms with Crippen LogP contribution in [0.2, 0.25) is 0 Å². The molecule has 1 rings (SSSR count). The molecule has 1 aromatic heterocycles. The Bertz CT molecular complexity index is 608. The van der Waals surface area contributed by atoms with Crippen molar-refractivity contribution in [3.63, 3.8) is 0 Å². The summed E-state index contributed by atoms with van der Waals surface area (Å²) in [6.45, 7) is 3.45. The van der Waals surface area contributed by atoms with Gasteiger partial charge in [-0.25, -0.2) is 13.2 Å². The fourth-order valence-electron chi connectivity index (χ4n) is 1.05. The molecule has 0 aliphatic carbocycles. The molecule has 1 heterocycles. The van der Waals surface area contributed by atoms with Crippen LogP contribution in [0.15, 0.2) is 17.0 Å². The number of carbonyl (C=O) groups is 2. The lowest BCUT2D eigenvalue weighted by Crippen LogP contribution is -2.35. The van der Waals surface area contributed by atoms with Crippen LogP contribution >= 0.6 is 11.3 Å². The highest BCUT2D eigenvalue weighted by Gasteiger charge is 2.26. The van der Waals surface area contributed by atoms with Crippen LogP contribution in [0, 0.1) is 0 Å². The maximum Gasteiger partial charge on any atom is 0.321 e. The maximum absolute atomic E-state index is 11.6. The smallest absolute Gasteiger partial charge is 0.321 e. The van der Waals surface area contributed by atoms with Gasteiger partial charge in [-0.2, -0.15) is 0 Å². The lowest BCUT2D eigenvalue weighted by Gasteiger charge is -2.13. The van der Waals surface area contributed by atoms with Gasteiger partial charge in [0.25, 0.3) is 0 Å². The molecule has 104 valence electrons. The molecule has 1 aromatic rings. The van der Waals surface area contributed by atoms with E-state index in [-0.39, 0.29) is 11.7 Å². The van der Waals surface area contributed by atoms with Gasteiger partial charge in [0.2, 0.25) is 19.3 Å². The normalized spacial score (nSPS) is 10.9. The molecule has 9 nitrogen and oxygen atoms in total. The summed E-state index contributed by atoms with van der Waals surface area (Å²) >= 11 is 0.562. The second-order valence-corrected chi connectivity index (χ2v) is 6.36. The first-order chi connectivity index (χ1) is 8.77. The highest BCUT2D eigenvalue weighted by molar-refractivity contribution is 7.94. The van der Waals surface area contributed by atoms with Gasteiger partial charge in [-0.15, -0.1) is 16.8 Å². The number of aromatic nitrogens is 2. The van der Waals surface area contributed by atoms with Crippen molar-refractivity contribution in [2.45, 2.75) is 4.34 Å². The number of nitrogens with zero attached hydrogens (tertiary/aromatic N) is 3. The molecule has 0 saturated heterocycles. The van der Waals surface area contributed by atoms with E-state index in [1.165, 1.54) is 6.08 Å². The molecule has 0 aliphatic heterocycles. The van der Waals surface area contributed by atoms with Crippen LogP contribution in [0.3, 0.4) is 0 Å². The molecule has 0 aromatic carbocycles. The Balaban J connectivity index is 3.08. The Morgan fingerprint density at radius 1 is 1.47 bits per heavy atom. The Morgan fingerprint density at radius 3 is 2.58 bits per heavy atom. The van der Waals surface area contributed by atoms with E-state index in [0.717, 1.165) is 4.90 Å². The number of hydrogen-bond donors (Lipinski definition) is 2. The molecule has 0 aliphatic rings. The third-order valence-corrected chi connectivity index (χ3v) is 4.78. The third kappa shape index (κ3) is 3.72. The zero-order chi connectivity index (χ0) is 14.6. The summed E-state index contributed by atoms with van der Waals surface area (Å²) in [7, 11) is -4.07. The van der Waals surface area contributed by atoms with Gasteiger partial charge in [0.15, 0.2) is 5.75 Å². The van der Waals surface area contributed by atoms with Gasteiger partial charge in [-0.05, 0) is 0 Å². The minimum absolute atomic E-state index is 0.0307. The van der Waals surface area contributed by atoms with Crippen LogP contribution in [0.1, 0.15) is 0 Å². The van der Waals surface area contributed by atoms with Gasteiger partial charge in [0.1, 0.15) is 0 Å². The standard InChI is InChI=1S/C8H10N4O5S2/c1-2-3-12(6(9)15)7-10-11-8(18-7)19(16,17)4-5(13)14/h2H,1,3-4H2,(H2,9,15)(H,13,14). The number of anilines is 1. The average Bonchev–Trinajstić information content (AvgIpc) is 2.73. The van der Waals surface area contributed by atoms with E-state index >= 15 is 0 Å². The van der Waals surface area contributed by atoms with Crippen LogP contribution in [0.5, 0.6) is 0 Å². The number of primary amides is 1. The minimum Gasteiger partial charge on any atom is -0.480 e. The van der Waals surface area contributed by atoms with Crippen molar-refractivity contribution in [1.82, 2.24) is 10.2 Å². The van der Waals surface area contributed by atoms with Gasteiger partial charge in [0, 0.05) is 6.54 Å². The van der Waals surface area contributed by atoms with Gasteiger partial charge in [-0.3, -0.25) is 9.69 Å². The van der Waals surface area contributed by atoms with Gasteiger partial charge < -0.3 is 10.8 Å². The van der Waals surface area contributed by atoms with Gasteiger partial charge >= 0.3 is 12.0 Å². The highest BCUT2D eigenvalue weighted by Crippen LogP contribution is 2.24. The number of hydrogen-bond acceptors (Lipinski definition) is 7. The van der Waals surface area contributed by atoms with E-state index in [2.05, 4.69) is 16.8 Å². The first kappa shape index (κ1) is 15.0. The van der Waals surface area contributed by atoms with Crippen molar-refractivity contribution >= 4 is 38.3 Å². The molecule has 0 spiro atoms. The molecule has 19 heavy (non-hydrogen) atoms. The summed E-state index contributed by atoms with van der Waals surface area (Å²) in [5, 5.41) is 15.3. The van der Waals surface area contributed by atoms with Gasteiger partial charge in [0.05, 0.1) is 0 Å². The SMILES string of the molecule is C=CCN(C(N)=O)c1nnc(S(=O)(=O)CC(=O)O)s1.